The SMILES string of the molecule is COc1ccc(CNCCOc2ccc(Cl)cc2Cl)cc1. The zero-order valence-corrected chi connectivity index (χ0v) is 13.2. The maximum Gasteiger partial charge on any atom is 0.138 e. The predicted molar refractivity (Wildman–Crippen MR) is 86.7 cm³/mol. The van der Waals surface area contributed by atoms with Gasteiger partial charge in [-0.1, -0.05) is 35.3 Å². The number of halogens is 2. The highest BCUT2D eigenvalue weighted by Crippen LogP contribution is 2.27. The molecule has 0 saturated carbocycles. The van der Waals surface area contributed by atoms with Gasteiger partial charge in [0.25, 0.3) is 0 Å². The number of ether oxygens (including phenoxy) is 2. The Morgan fingerprint density at radius 2 is 1.81 bits per heavy atom. The van der Waals surface area contributed by atoms with Crippen molar-refractivity contribution >= 4 is 23.2 Å². The van der Waals surface area contributed by atoms with Crippen molar-refractivity contribution in [2.45, 2.75) is 6.54 Å². The number of methoxy groups -OCH3 is 1. The molecule has 2 aromatic rings. The standard InChI is InChI=1S/C16H17Cl2NO2/c1-20-14-5-2-12(3-6-14)11-19-8-9-21-16-7-4-13(17)10-15(16)18/h2-7,10,19H,8-9,11H2,1H3. The fraction of sp³-hybridized carbons (Fsp3) is 0.250. The molecule has 0 aliphatic carbocycles. The topological polar surface area (TPSA) is 30.5 Å². The Bertz CT molecular complexity index is 573. The number of rotatable bonds is 7. The highest BCUT2D eigenvalue weighted by atomic mass is 35.5. The molecule has 0 spiro atoms. The van der Waals surface area contributed by atoms with Crippen LogP contribution in [0.1, 0.15) is 5.56 Å². The lowest BCUT2D eigenvalue weighted by Gasteiger charge is -2.09. The molecule has 112 valence electrons. The van der Waals surface area contributed by atoms with Crippen molar-refractivity contribution in [3.05, 3.63) is 58.1 Å². The number of hydrogen-bond donors (Lipinski definition) is 1. The first-order valence-corrected chi connectivity index (χ1v) is 7.36. The average molecular weight is 326 g/mol. The quantitative estimate of drug-likeness (QED) is 0.775. The fourth-order valence-corrected chi connectivity index (χ4v) is 2.26. The van der Waals surface area contributed by atoms with Gasteiger partial charge in [-0.25, -0.2) is 0 Å². The summed E-state index contributed by atoms with van der Waals surface area (Å²) in [6.45, 7) is 2.05. The monoisotopic (exact) mass is 325 g/mol. The van der Waals surface area contributed by atoms with E-state index in [1.807, 2.05) is 24.3 Å². The lowest BCUT2D eigenvalue weighted by atomic mass is 10.2. The van der Waals surface area contributed by atoms with Gasteiger partial charge in [0.2, 0.25) is 0 Å². The summed E-state index contributed by atoms with van der Waals surface area (Å²) in [7, 11) is 1.66. The van der Waals surface area contributed by atoms with Crippen LogP contribution >= 0.6 is 23.2 Å². The molecule has 0 radical (unpaired) electrons. The summed E-state index contributed by atoms with van der Waals surface area (Å²) in [4.78, 5) is 0. The zero-order chi connectivity index (χ0) is 15.1. The van der Waals surface area contributed by atoms with E-state index in [0.717, 1.165) is 18.8 Å². The number of hydrogen-bond acceptors (Lipinski definition) is 3. The van der Waals surface area contributed by atoms with E-state index in [9.17, 15) is 0 Å². The second-order valence-corrected chi connectivity index (χ2v) is 5.29. The molecule has 3 nitrogen and oxygen atoms in total. The Labute approximate surface area is 134 Å². The molecule has 0 aromatic heterocycles. The third-order valence-corrected chi connectivity index (χ3v) is 3.45. The van der Waals surface area contributed by atoms with Crippen molar-refractivity contribution in [1.29, 1.82) is 0 Å². The molecule has 0 saturated heterocycles. The van der Waals surface area contributed by atoms with Crippen LogP contribution in [-0.2, 0) is 6.54 Å². The molecule has 0 aliphatic rings. The minimum absolute atomic E-state index is 0.526. The third kappa shape index (κ3) is 5.12. The van der Waals surface area contributed by atoms with E-state index >= 15 is 0 Å². The van der Waals surface area contributed by atoms with Crippen molar-refractivity contribution in [2.75, 3.05) is 20.3 Å². The molecule has 2 aromatic carbocycles. The van der Waals surface area contributed by atoms with Crippen molar-refractivity contribution in [3.63, 3.8) is 0 Å². The first-order valence-electron chi connectivity index (χ1n) is 6.60. The molecular weight excluding hydrogens is 309 g/mol. The Balaban J connectivity index is 1.69. The summed E-state index contributed by atoms with van der Waals surface area (Å²) in [6.07, 6.45) is 0. The summed E-state index contributed by atoms with van der Waals surface area (Å²) in [5.74, 6) is 1.51. The molecule has 0 fully saturated rings. The van der Waals surface area contributed by atoms with E-state index in [-0.39, 0.29) is 0 Å². The third-order valence-electron chi connectivity index (χ3n) is 2.92. The number of benzene rings is 2. The van der Waals surface area contributed by atoms with Crippen molar-refractivity contribution < 1.29 is 9.47 Å². The van der Waals surface area contributed by atoms with Crippen molar-refractivity contribution in [1.82, 2.24) is 5.32 Å². The maximum atomic E-state index is 6.03. The molecule has 1 N–H and O–H groups in total. The molecule has 0 bridgehead atoms. The van der Waals surface area contributed by atoms with E-state index in [0.29, 0.717) is 22.4 Å². The first kappa shape index (κ1) is 16.0. The molecule has 0 atom stereocenters. The summed E-state index contributed by atoms with van der Waals surface area (Å²) < 4.78 is 10.7. The van der Waals surface area contributed by atoms with Crippen LogP contribution in [0.25, 0.3) is 0 Å². The second-order valence-electron chi connectivity index (χ2n) is 4.45. The Morgan fingerprint density at radius 3 is 2.48 bits per heavy atom. The van der Waals surface area contributed by atoms with E-state index in [1.54, 1.807) is 25.3 Å². The van der Waals surface area contributed by atoms with Gasteiger partial charge in [0, 0.05) is 18.1 Å². The van der Waals surface area contributed by atoms with Gasteiger partial charge in [0.1, 0.15) is 18.1 Å². The Morgan fingerprint density at radius 1 is 1.05 bits per heavy atom. The molecule has 0 heterocycles. The van der Waals surface area contributed by atoms with Crippen LogP contribution in [-0.4, -0.2) is 20.3 Å². The second kappa shape index (κ2) is 8.13. The van der Waals surface area contributed by atoms with Crippen LogP contribution in [0, 0.1) is 0 Å². The summed E-state index contributed by atoms with van der Waals surface area (Å²) in [5, 5.41) is 4.43. The maximum absolute atomic E-state index is 6.03. The van der Waals surface area contributed by atoms with Gasteiger partial charge in [0.15, 0.2) is 0 Å². The van der Waals surface area contributed by atoms with Crippen LogP contribution in [0.4, 0.5) is 0 Å². The first-order chi connectivity index (χ1) is 10.2. The largest absolute Gasteiger partial charge is 0.497 e. The van der Waals surface area contributed by atoms with Crippen LogP contribution in [0.5, 0.6) is 11.5 Å². The molecule has 0 unspecified atom stereocenters. The van der Waals surface area contributed by atoms with Crippen LogP contribution in [0.2, 0.25) is 10.0 Å². The Hall–Kier alpha value is -1.42. The Kier molecular flexibility index (Phi) is 6.18. The normalized spacial score (nSPS) is 10.4. The zero-order valence-electron chi connectivity index (χ0n) is 11.7. The van der Waals surface area contributed by atoms with E-state index < -0.39 is 0 Å². The summed E-state index contributed by atoms with van der Waals surface area (Å²) in [6, 6.07) is 13.2. The van der Waals surface area contributed by atoms with Gasteiger partial charge in [-0.2, -0.15) is 0 Å². The lowest BCUT2D eigenvalue weighted by molar-refractivity contribution is 0.314. The van der Waals surface area contributed by atoms with E-state index in [1.165, 1.54) is 5.56 Å². The minimum atomic E-state index is 0.526. The van der Waals surface area contributed by atoms with Crippen LogP contribution in [0.15, 0.2) is 42.5 Å². The molecule has 2 rings (SSSR count). The fourth-order valence-electron chi connectivity index (χ4n) is 1.80. The van der Waals surface area contributed by atoms with Gasteiger partial charge in [-0.3, -0.25) is 0 Å². The summed E-state index contributed by atoms with van der Waals surface area (Å²) >= 11 is 11.9. The van der Waals surface area contributed by atoms with Crippen molar-refractivity contribution in [2.24, 2.45) is 0 Å². The average Bonchev–Trinajstić information content (AvgIpc) is 2.49. The molecule has 0 amide bonds. The van der Waals surface area contributed by atoms with Gasteiger partial charge in [-0.05, 0) is 35.9 Å². The highest BCUT2D eigenvalue weighted by Gasteiger charge is 2.01. The molecular formula is C16H17Cl2NO2. The van der Waals surface area contributed by atoms with Gasteiger partial charge in [0.05, 0.1) is 12.1 Å². The minimum Gasteiger partial charge on any atom is -0.497 e. The predicted octanol–water partition coefficient (Wildman–Crippen LogP) is 4.17. The highest BCUT2D eigenvalue weighted by molar-refractivity contribution is 6.35. The van der Waals surface area contributed by atoms with Gasteiger partial charge in [-0.15, -0.1) is 0 Å². The number of nitrogens with one attached hydrogen (secondary N) is 1. The van der Waals surface area contributed by atoms with Crippen molar-refractivity contribution in [3.8, 4) is 11.5 Å². The molecule has 21 heavy (non-hydrogen) atoms. The van der Waals surface area contributed by atoms with E-state index in [2.05, 4.69) is 5.32 Å². The van der Waals surface area contributed by atoms with Gasteiger partial charge < -0.3 is 14.8 Å². The molecule has 5 heteroatoms. The molecule has 0 aliphatic heterocycles. The smallest absolute Gasteiger partial charge is 0.138 e. The van der Waals surface area contributed by atoms with Crippen LogP contribution in [0.3, 0.4) is 0 Å². The summed E-state index contributed by atoms with van der Waals surface area (Å²) in [5.41, 5.74) is 1.19. The van der Waals surface area contributed by atoms with E-state index in [4.69, 9.17) is 32.7 Å². The van der Waals surface area contributed by atoms with Gasteiger partial charge >= 0.3 is 0 Å². The lowest BCUT2D eigenvalue weighted by Crippen LogP contribution is -2.20. The van der Waals surface area contributed by atoms with Crippen LogP contribution < -0.4 is 14.8 Å².